The molecule has 0 amide bonds. The van der Waals surface area contributed by atoms with Crippen molar-refractivity contribution in [1.82, 2.24) is 14.9 Å². The SMILES string of the molecule is Cc1ncc2c(n1)C1(CCN(Cc3cc4c(cc3Cl)OCO4)CC1)OCC2. The molecular weight excluding hydrogens is 366 g/mol. The van der Waals surface area contributed by atoms with Gasteiger partial charge in [0.25, 0.3) is 0 Å². The summed E-state index contributed by atoms with van der Waals surface area (Å²) in [6.45, 7) is 5.62. The van der Waals surface area contributed by atoms with Crippen molar-refractivity contribution in [3.8, 4) is 11.5 Å². The van der Waals surface area contributed by atoms with Crippen molar-refractivity contribution in [3.63, 3.8) is 0 Å². The first-order valence-corrected chi connectivity index (χ1v) is 9.78. The molecule has 0 saturated carbocycles. The molecule has 27 heavy (non-hydrogen) atoms. The topological polar surface area (TPSA) is 56.7 Å². The molecule has 142 valence electrons. The molecule has 6 nitrogen and oxygen atoms in total. The molecule has 0 atom stereocenters. The fourth-order valence-corrected chi connectivity index (χ4v) is 4.49. The molecule has 0 N–H and O–H groups in total. The Morgan fingerprint density at radius 3 is 2.78 bits per heavy atom. The van der Waals surface area contributed by atoms with Crippen LogP contribution in [-0.4, -0.2) is 41.4 Å². The Kier molecular flexibility index (Phi) is 4.22. The molecule has 1 aromatic carbocycles. The van der Waals surface area contributed by atoms with Crippen molar-refractivity contribution in [3.05, 3.63) is 46.0 Å². The number of hydrogen-bond acceptors (Lipinski definition) is 6. The summed E-state index contributed by atoms with van der Waals surface area (Å²) in [5.41, 5.74) is 3.14. The zero-order chi connectivity index (χ0) is 18.4. The Balaban J connectivity index is 1.32. The number of aryl methyl sites for hydroxylation is 1. The molecule has 5 rings (SSSR count). The Labute approximate surface area is 163 Å². The van der Waals surface area contributed by atoms with E-state index in [0.29, 0.717) is 0 Å². The summed E-state index contributed by atoms with van der Waals surface area (Å²) in [6.07, 6.45) is 4.73. The minimum Gasteiger partial charge on any atom is -0.454 e. The van der Waals surface area contributed by atoms with E-state index < -0.39 is 0 Å². The van der Waals surface area contributed by atoms with Crippen LogP contribution in [0.25, 0.3) is 0 Å². The van der Waals surface area contributed by atoms with Crippen molar-refractivity contribution in [2.24, 2.45) is 0 Å². The molecule has 0 radical (unpaired) electrons. The lowest BCUT2D eigenvalue weighted by molar-refractivity contribution is -0.102. The Morgan fingerprint density at radius 1 is 1.19 bits per heavy atom. The number of ether oxygens (including phenoxy) is 3. The van der Waals surface area contributed by atoms with Crippen LogP contribution < -0.4 is 9.47 Å². The molecule has 1 saturated heterocycles. The van der Waals surface area contributed by atoms with E-state index in [0.717, 1.165) is 79.1 Å². The smallest absolute Gasteiger partial charge is 0.231 e. The first kappa shape index (κ1) is 17.2. The first-order chi connectivity index (χ1) is 13.1. The van der Waals surface area contributed by atoms with E-state index in [9.17, 15) is 0 Å². The number of halogens is 1. The summed E-state index contributed by atoms with van der Waals surface area (Å²) in [6, 6.07) is 3.85. The third-order valence-electron chi connectivity index (χ3n) is 5.77. The summed E-state index contributed by atoms with van der Waals surface area (Å²) in [7, 11) is 0. The van der Waals surface area contributed by atoms with Gasteiger partial charge in [0, 0.05) is 36.9 Å². The van der Waals surface area contributed by atoms with Gasteiger partial charge in [-0.15, -0.1) is 0 Å². The molecule has 7 heteroatoms. The van der Waals surface area contributed by atoms with E-state index in [1.54, 1.807) is 0 Å². The largest absolute Gasteiger partial charge is 0.454 e. The molecule has 0 bridgehead atoms. The van der Waals surface area contributed by atoms with Gasteiger partial charge in [-0.1, -0.05) is 11.6 Å². The van der Waals surface area contributed by atoms with Gasteiger partial charge in [0.15, 0.2) is 11.5 Å². The minimum atomic E-state index is -0.267. The molecule has 3 aliphatic rings. The van der Waals surface area contributed by atoms with Crippen LogP contribution in [0.1, 0.15) is 35.5 Å². The third kappa shape index (κ3) is 3.06. The highest BCUT2D eigenvalue weighted by Crippen LogP contribution is 2.41. The molecule has 0 aliphatic carbocycles. The normalized spacial score (nSPS) is 20.7. The highest BCUT2D eigenvalue weighted by molar-refractivity contribution is 6.31. The summed E-state index contributed by atoms with van der Waals surface area (Å²) in [5, 5.41) is 0.724. The van der Waals surface area contributed by atoms with Crippen molar-refractivity contribution < 1.29 is 14.2 Å². The predicted octanol–water partition coefficient (Wildman–Crippen LogP) is 3.23. The molecule has 1 fully saturated rings. The molecule has 2 aromatic rings. The van der Waals surface area contributed by atoms with Gasteiger partial charge >= 0.3 is 0 Å². The second-order valence-electron chi connectivity index (χ2n) is 7.46. The lowest BCUT2D eigenvalue weighted by Crippen LogP contribution is -2.47. The number of likely N-dealkylation sites (tertiary alicyclic amines) is 1. The molecule has 0 unspecified atom stereocenters. The highest BCUT2D eigenvalue weighted by Gasteiger charge is 2.42. The van der Waals surface area contributed by atoms with E-state index in [1.165, 1.54) is 5.56 Å². The Hall–Kier alpha value is -1.89. The number of hydrogen-bond donors (Lipinski definition) is 0. The van der Waals surface area contributed by atoms with Crippen molar-refractivity contribution >= 4 is 11.6 Å². The summed E-state index contributed by atoms with van der Waals surface area (Å²) in [5.74, 6) is 2.32. The first-order valence-electron chi connectivity index (χ1n) is 9.40. The third-order valence-corrected chi connectivity index (χ3v) is 6.12. The maximum absolute atomic E-state index is 6.45. The maximum Gasteiger partial charge on any atom is 0.231 e. The second kappa shape index (κ2) is 6.62. The molecular formula is C20H22ClN3O3. The van der Waals surface area contributed by atoms with Crippen molar-refractivity contribution in [1.29, 1.82) is 0 Å². The molecule has 1 aromatic heterocycles. The number of rotatable bonds is 2. The van der Waals surface area contributed by atoms with Crippen LogP contribution >= 0.6 is 11.6 Å². The van der Waals surface area contributed by atoms with Gasteiger partial charge in [0.1, 0.15) is 11.4 Å². The number of aromatic nitrogens is 2. The molecule has 4 heterocycles. The van der Waals surface area contributed by atoms with Crippen LogP contribution in [0.2, 0.25) is 5.02 Å². The predicted molar refractivity (Wildman–Crippen MR) is 100 cm³/mol. The Bertz CT molecular complexity index is 881. The number of nitrogens with zero attached hydrogens (tertiary/aromatic N) is 3. The van der Waals surface area contributed by atoms with E-state index in [1.807, 2.05) is 25.3 Å². The van der Waals surface area contributed by atoms with E-state index in [4.69, 9.17) is 30.8 Å². The van der Waals surface area contributed by atoms with Gasteiger partial charge in [-0.05, 0) is 43.4 Å². The zero-order valence-corrected chi connectivity index (χ0v) is 16.1. The van der Waals surface area contributed by atoms with Gasteiger partial charge < -0.3 is 14.2 Å². The van der Waals surface area contributed by atoms with Gasteiger partial charge in [-0.3, -0.25) is 4.90 Å². The molecule has 3 aliphatic heterocycles. The lowest BCUT2D eigenvalue weighted by atomic mass is 9.83. The fourth-order valence-electron chi connectivity index (χ4n) is 4.27. The standard InChI is InChI=1S/C20H22ClN3O3/c1-13-22-10-14-2-7-27-20(19(14)23-13)3-5-24(6-4-20)11-15-8-17-18(9-16(15)21)26-12-25-17/h8-10H,2-7,11-12H2,1H3. The average molecular weight is 388 g/mol. The summed E-state index contributed by atoms with van der Waals surface area (Å²) in [4.78, 5) is 11.5. The van der Waals surface area contributed by atoms with E-state index >= 15 is 0 Å². The second-order valence-corrected chi connectivity index (χ2v) is 7.86. The van der Waals surface area contributed by atoms with Gasteiger partial charge in [0.2, 0.25) is 6.79 Å². The van der Waals surface area contributed by atoms with E-state index in [2.05, 4.69) is 9.88 Å². The van der Waals surface area contributed by atoms with Crippen LogP contribution in [0.15, 0.2) is 18.3 Å². The monoisotopic (exact) mass is 387 g/mol. The summed E-state index contributed by atoms with van der Waals surface area (Å²) >= 11 is 6.45. The highest BCUT2D eigenvalue weighted by atomic mass is 35.5. The maximum atomic E-state index is 6.45. The average Bonchev–Trinajstić information content (AvgIpc) is 3.12. The Morgan fingerprint density at radius 2 is 1.96 bits per heavy atom. The van der Waals surface area contributed by atoms with Crippen molar-refractivity contribution in [2.75, 3.05) is 26.5 Å². The minimum absolute atomic E-state index is 0.263. The van der Waals surface area contributed by atoms with Crippen LogP contribution in [-0.2, 0) is 23.3 Å². The number of benzene rings is 1. The fraction of sp³-hybridized carbons (Fsp3) is 0.500. The van der Waals surface area contributed by atoms with Gasteiger partial charge in [-0.25, -0.2) is 9.97 Å². The zero-order valence-electron chi connectivity index (χ0n) is 15.3. The van der Waals surface area contributed by atoms with Gasteiger partial charge in [-0.2, -0.15) is 0 Å². The quantitative estimate of drug-likeness (QED) is 0.788. The summed E-state index contributed by atoms with van der Waals surface area (Å²) < 4.78 is 17.2. The number of fused-ring (bicyclic) bond motifs is 3. The van der Waals surface area contributed by atoms with Gasteiger partial charge in [0.05, 0.1) is 12.3 Å². The van der Waals surface area contributed by atoms with E-state index in [-0.39, 0.29) is 12.4 Å². The van der Waals surface area contributed by atoms with Crippen LogP contribution in [0.4, 0.5) is 0 Å². The van der Waals surface area contributed by atoms with Crippen LogP contribution in [0, 0.1) is 6.92 Å². The van der Waals surface area contributed by atoms with Crippen LogP contribution in [0.5, 0.6) is 11.5 Å². The van der Waals surface area contributed by atoms with Crippen molar-refractivity contribution in [2.45, 2.75) is 38.3 Å². The number of piperidine rings is 1. The van der Waals surface area contributed by atoms with Crippen LogP contribution in [0.3, 0.4) is 0 Å². The molecule has 1 spiro atoms. The lowest BCUT2D eigenvalue weighted by Gasteiger charge is -2.44.